The van der Waals surface area contributed by atoms with E-state index in [1.165, 1.54) is 5.56 Å². The van der Waals surface area contributed by atoms with Gasteiger partial charge in [0.25, 0.3) is 0 Å². The lowest BCUT2D eigenvalue weighted by Gasteiger charge is -2.33. The van der Waals surface area contributed by atoms with Crippen molar-refractivity contribution in [1.29, 1.82) is 0 Å². The maximum atomic E-state index is 12.1. The highest BCUT2D eigenvalue weighted by Gasteiger charge is 2.32. The van der Waals surface area contributed by atoms with E-state index < -0.39 is 17.4 Å². The summed E-state index contributed by atoms with van der Waals surface area (Å²) in [6.45, 7) is 1.88. The SMILES string of the molecule is Cc1ccc(NC(=O)C(=O)NCC2(O)CCc3ccccc3C2)cc1Cl. The predicted octanol–water partition coefficient (Wildman–Crippen LogP) is 2.62. The van der Waals surface area contributed by atoms with Crippen LogP contribution in [0.1, 0.15) is 23.1 Å². The van der Waals surface area contributed by atoms with Crippen molar-refractivity contribution in [2.45, 2.75) is 31.8 Å². The van der Waals surface area contributed by atoms with E-state index in [4.69, 9.17) is 11.6 Å². The number of carbonyl (C=O) groups excluding carboxylic acids is 2. The maximum Gasteiger partial charge on any atom is 0.313 e. The standard InChI is InChI=1S/C20H21ClN2O3/c1-13-6-7-16(10-17(13)21)23-19(25)18(24)22-12-20(26)9-8-14-4-2-3-5-15(14)11-20/h2-7,10,26H,8-9,11-12H2,1H3,(H,22,24)(H,23,25). The van der Waals surface area contributed by atoms with Gasteiger partial charge in [-0.25, -0.2) is 0 Å². The Kier molecular flexibility index (Phi) is 5.30. The van der Waals surface area contributed by atoms with Crippen molar-refractivity contribution < 1.29 is 14.7 Å². The van der Waals surface area contributed by atoms with Crippen molar-refractivity contribution in [2.75, 3.05) is 11.9 Å². The van der Waals surface area contributed by atoms with Gasteiger partial charge in [-0.1, -0.05) is 41.9 Å². The number of anilines is 1. The van der Waals surface area contributed by atoms with E-state index >= 15 is 0 Å². The van der Waals surface area contributed by atoms with Crippen LogP contribution >= 0.6 is 11.6 Å². The first-order valence-electron chi connectivity index (χ1n) is 8.51. The minimum absolute atomic E-state index is 0.0300. The molecule has 0 spiro atoms. The van der Waals surface area contributed by atoms with E-state index in [1.54, 1.807) is 18.2 Å². The predicted molar refractivity (Wildman–Crippen MR) is 101 cm³/mol. The summed E-state index contributed by atoms with van der Waals surface area (Å²) in [5, 5.41) is 16.3. The normalized spacial score (nSPS) is 18.7. The molecule has 1 unspecified atom stereocenters. The van der Waals surface area contributed by atoms with Gasteiger partial charge in [-0.05, 0) is 48.6 Å². The number of aryl methyl sites for hydroxylation is 2. The Morgan fingerprint density at radius 2 is 1.88 bits per heavy atom. The fourth-order valence-electron chi connectivity index (χ4n) is 3.12. The first-order chi connectivity index (χ1) is 12.4. The Morgan fingerprint density at radius 1 is 1.15 bits per heavy atom. The van der Waals surface area contributed by atoms with Gasteiger partial charge in [0.1, 0.15) is 0 Å². The quantitative estimate of drug-likeness (QED) is 0.725. The molecule has 0 heterocycles. The fourth-order valence-corrected chi connectivity index (χ4v) is 3.30. The summed E-state index contributed by atoms with van der Waals surface area (Å²) in [7, 11) is 0. The van der Waals surface area contributed by atoms with Gasteiger partial charge in [-0.15, -0.1) is 0 Å². The second-order valence-electron chi connectivity index (χ2n) is 6.77. The van der Waals surface area contributed by atoms with Crippen LogP contribution in [-0.4, -0.2) is 29.1 Å². The molecule has 6 heteroatoms. The molecule has 0 fully saturated rings. The average molecular weight is 373 g/mol. The first kappa shape index (κ1) is 18.4. The molecule has 136 valence electrons. The van der Waals surface area contributed by atoms with Crippen LogP contribution in [0.3, 0.4) is 0 Å². The fraction of sp³-hybridized carbons (Fsp3) is 0.300. The molecule has 2 aromatic rings. The molecule has 0 saturated carbocycles. The Hall–Kier alpha value is -2.37. The number of hydrogen-bond acceptors (Lipinski definition) is 3. The Balaban J connectivity index is 1.56. The molecule has 0 bridgehead atoms. The van der Waals surface area contributed by atoms with Crippen molar-refractivity contribution in [3.63, 3.8) is 0 Å². The van der Waals surface area contributed by atoms with E-state index in [0.29, 0.717) is 23.6 Å². The number of aliphatic hydroxyl groups is 1. The number of hydrogen-bond donors (Lipinski definition) is 3. The Morgan fingerprint density at radius 3 is 2.62 bits per heavy atom. The third-order valence-corrected chi connectivity index (χ3v) is 5.12. The van der Waals surface area contributed by atoms with Crippen molar-refractivity contribution in [3.05, 3.63) is 64.2 Å². The van der Waals surface area contributed by atoms with E-state index in [1.807, 2.05) is 31.2 Å². The highest BCUT2D eigenvalue weighted by Crippen LogP contribution is 2.28. The van der Waals surface area contributed by atoms with E-state index in [-0.39, 0.29) is 6.54 Å². The van der Waals surface area contributed by atoms with Crippen LogP contribution in [0, 0.1) is 6.92 Å². The molecule has 0 aliphatic heterocycles. The van der Waals surface area contributed by atoms with Crippen LogP contribution in [0.2, 0.25) is 5.02 Å². The molecule has 0 saturated heterocycles. The third kappa shape index (κ3) is 4.23. The zero-order chi connectivity index (χ0) is 18.7. The Labute approximate surface area is 157 Å². The lowest BCUT2D eigenvalue weighted by Crippen LogP contribution is -2.49. The average Bonchev–Trinajstić information content (AvgIpc) is 2.62. The number of halogens is 1. The number of nitrogens with one attached hydrogen (secondary N) is 2. The number of amides is 2. The molecule has 2 amide bonds. The maximum absolute atomic E-state index is 12.1. The summed E-state index contributed by atoms with van der Waals surface area (Å²) in [5.41, 5.74) is 2.59. The zero-order valence-corrected chi connectivity index (χ0v) is 15.3. The van der Waals surface area contributed by atoms with Crippen LogP contribution < -0.4 is 10.6 Å². The van der Waals surface area contributed by atoms with Gasteiger partial charge in [0.05, 0.1) is 5.60 Å². The third-order valence-electron chi connectivity index (χ3n) is 4.71. The van der Waals surface area contributed by atoms with E-state index in [9.17, 15) is 14.7 Å². The topological polar surface area (TPSA) is 78.4 Å². The second kappa shape index (κ2) is 7.48. The van der Waals surface area contributed by atoms with Gasteiger partial charge in [0.2, 0.25) is 0 Å². The zero-order valence-electron chi connectivity index (χ0n) is 14.5. The number of carbonyl (C=O) groups is 2. The van der Waals surface area contributed by atoms with Crippen LogP contribution in [0.25, 0.3) is 0 Å². The number of benzene rings is 2. The molecule has 2 aromatic carbocycles. The minimum atomic E-state index is -1.04. The number of fused-ring (bicyclic) bond motifs is 1. The monoisotopic (exact) mass is 372 g/mol. The van der Waals surface area contributed by atoms with Crippen molar-refractivity contribution >= 4 is 29.1 Å². The van der Waals surface area contributed by atoms with Gasteiger partial charge in [-0.2, -0.15) is 0 Å². The summed E-state index contributed by atoms with van der Waals surface area (Å²) in [5.74, 6) is -1.57. The van der Waals surface area contributed by atoms with Crippen LogP contribution in [0.5, 0.6) is 0 Å². The van der Waals surface area contributed by atoms with Crippen LogP contribution in [0.4, 0.5) is 5.69 Å². The van der Waals surface area contributed by atoms with Gasteiger partial charge < -0.3 is 15.7 Å². The first-order valence-corrected chi connectivity index (χ1v) is 8.89. The molecule has 0 aromatic heterocycles. The largest absolute Gasteiger partial charge is 0.388 e. The van der Waals surface area contributed by atoms with Gasteiger partial charge in [0.15, 0.2) is 0 Å². The van der Waals surface area contributed by atoms with Crippen LogP contribution in [-0.2, 0) is 22.4 Å². The lowest BCUT2D eigenvalue weighted by atomic mass is 9.80. The van der Waals surface area contributed by atoms with Gasteiger partial charge in [0, 0.05) is 23.7 Å². The molecule has 1 atom stereocenters. The Bertz CT molecular complexity index is 853. The minimum Gasteiger partial charge on any atom is -0.388 e. The highest BCUT2D eigenvalue weighted by molar-refractivity contribution is 6.39. The van der Waals surface area contributed by atoms with Gasteiger partial charge >= 0.3 is 11.8 Å². The molecule has 3 rings (SSSR count). The molecule has 5 nitrogen and oxygen atoms in total. The highest BCUT2D eigenvalue weighted by atomic mass is 35.5. The van der Waals surface area contributed by atoms with E-state index in [0.717, 1.165) is 17.5 Å². The second-order valence-corrected chi connectivity index (χ2v) is 7.18. The van der Waals surface area contributed by atoms with Crippen molar-refractivity contribution in [3.8, 4) is 0 Å². The molecular formula is C20H21ClN2O3. The van der Waals surface area contributed by atoms with E-state index in [2.05, 4.69) is 10.6 Å². The summed E-state index contributed by atoms with van der Waals surface area (Å²) >= 11 is 6.01. The molecule has 3 N–H and O–H groups in total. The van der Waals surface area contributed by atoms with Gasteiger partial charge in [-0.3, -0.25) is 9.59 Å². The molecule has 0 radical (unpaired) electrons. The molecule has 1 aliphatic rings. The lowest BCUT2D eigenvalue weighted by molar-refractivity contribution is -0.136. The summed E-state index contributed by atoms with van der Waals surface area (Å²) in [6.07, 6.45) is 1.74. The van der Waals surface area contributed by atoms with Crippen molar-refractivity contribution in [2.24, 2.45) is 0 Å². The number of rotatable bonds is 3. The molecule has 26 heavy (non-hydrogen) atoms. The smallest absolute Gasteiger partial charge is 0.313 e. The van der Waals surface area contributed by atoms with Crippen LogP contribution in [0.15, 0.2) is 42.5 Å². The summed E-state index contributed by atoms with van der Waals surface area (Å²) in [4.78, 5) is 24.1. The molecule has 1 aliphatic carbocycles. The summed E-state index contributed by atoms with van der Waals surface area (Å²) in [6, 6.07) is 13.0. The van der Waals surface area contributed by atoms with Crippen molar-refractivity contribution in [1.82, 2.24) is 5.32 Å². The summed E-state index contributed by atoms with van der Waals surface area (Å²) < 4.78 is 0. The molecular weight excluding hydrogens is 352 g/mol.